The quantitative estimate of drug-likeness (QED) is 0.509. The Morgan fingerprint density at radius 3 is 2.95 bits per heavy atom. The minimum atomic E-state index is -0.677. The molecule has 1 saturated heterocycles. The van der Waals surface area contributed by atoms with Crippen molar-refractivity contribution in [1.82, 2.24) is 5.32 Å². The second-order valence-electron chi connectivity index (χ2n) is 4.58. The standard InChI is InChI=1S/C13H16ClF2N3O/c14-10-5-11(15)8(4-12(10)16)6-18-13(17)19-7-9-2-1-3-20-9/h4-5,9H,1-3,6-7H2,(H3,17,18,19). The lowest BCUT2D eigenvalue weighted by Crippen LogP contribution is -2.37. The minimum Gasteiger partial charge on any atom is -0.376 e. The number of ether oxygens (including phenoxy) is 1. The van der Waals surface area contributed by atoms with Crippen molar-refractivity contribution >= 4 is 17.6 Å². The second-order valence-corrected chi connectivity index (χ2v) is 4.98. The van der Waals surface area contributed by atoms with Crippen LogP contribution in [0.15, 0.2) is 17.1 Å². The van der Waals surface area contributed by atoms with Crippen molar-refractivity contribution in [2.45, 2.75) is 25.5 Å². The second kappa shape index (κ2) is 6.85. The van der Waals surface area contributed by atoms with Crippen LogP contribution in [0.5, 0.6) is 0 Å². The van der Waals surface area contributed by atoms with Gasteiger partial charge in [-0.3, -0.25) is 0 Å². The molecule has 0 saturated carbocycles. The fourth-order valence-electron chi connectivity index (χ4n) is 1.93. The molecule has 1 aromatic rings. The molecule has 1 atom stereocenters. The van der Waals surface area contributed by atoms with E-state index in [1.54, 1.807) is 0 Å². The monoisotopic (exact) mass is 303 g/mol. The van der Waals surface area contributed by atoms with Crippen LogP contribution in [0.25, 0.3) is 0 Å². The van der Waals surface area contributed by atoms with E-state index in [9.17, 15) is 8.78 Å². The molecule has 0 bridgehead atoms. The Bertz CT molecular complexity index is 505. The van der Waals surface area contributed by atoms with Crippen molar-refractivity contribution in [1.29, 1.82) is 0 Å². The highest BCUT2D eigenvalue weighted by Crippen LogP contribution is 2.19. The molecule has 3 N–H and O–H groups in total. The molecule has 0 radical (unpaired) electrons. The van der Waals surface area contributed by atoms with Crippen molar-refractivity contribution in [3.8, 4) is 0 Å². The fraction of sp³-hybridized carbons (Fsp3) is 0.462. The van der Waals surface area contributed by atoms with E-state index in [2.05, 4.69) is 10.3 Å². The van der Waals surface area contributed by atoms with Gasteiger partial charge in [-0.1, -0.05) is 11.6 Å². The third kappa shape index (κ3) is 4.05. The first-order valence-corrected chi connectivity index (χ1v) is 6.73. The van der Waals surface area contributed by atoms with Crippen molar-refractivity contribution in [2.24, 2.45) is 10.7 Å². The van der Waals surface area contributed by atoms with Crippen LogP contribution in [-0.2, 0) is 11.3 Å². The Morgan fingerprint density at radius 2 is 2.25 bits per heavy atom. The smallest absolute Gasteiger partial charge is 0.189 e. The number of hydrogen-bond donors (Lipinski definition) is 2. The average molecular weight is 304 g/mol. The number of guanidine groups is 1. The highest BCUT2D eigenvalue weighted by molar-refractivity contribution is 6.30. The molecule has 4 nitrogen and oxygen atoms in total. The lowest BCUT2D eigenvalue weighted by atomic mass is 10.2. The van der Waals surface area contributed by atoms with E-state index >= 15 is 0 Å². The summed E-state index contributed by atoms with van der Waals surface area (Å²) in [5.74, 6) is -1.11. The summed E-state index contributed by atoms with van der Waals surface area (Å²) in [7, 11) is 0. The average Bonchev–Trinajstić information content (AvgIpc) is 2.92. The summed E-state index contributed by atoms with van der Waals surface area (Å²) < 4.78 is 32.2. The Labute approximate surface area is 121 Å². The van der Waals surface area contributed by atoms with Crippen LogP contribution >= 0.6 is 11.6 Å². The zero-order valence-electron chi connectivity index (χ0n) is 10.8. The van der Waals surface area contributed by atoms with E-state index < -0.39 is 11.6 Å². The predicted molar refractivity (Wildman–Crippen MR) is 73.7 cm³/mol. The van der Waals surface area contributed by atoms with Gasteiger partial charge in [0.1, 0.15) is 11.6 Å². The molecule has 0 aliphatic carbocycles. The van der Waals surface area contributed by atoms with Crippen LogP contribution < -0.4 is 11.1 Å². The van der Waals surface area contributed by atoms with Gasteiger partial charge in [0.2, 0.25) is 0 Å². The summed E-state index contributed by atoms with van der Waals surface area (Å²) in [6.45, 7) is 1.27. The maximum absolute atomic E-state index is 13.5. The van der Waals surface area contributed by atoms with Crippen molar-refractivity contribution < 1.29 is 13.5 Å². The molecule has 1 aliphatic rings. The van der Waals surface area contributed by atoms with Gasteiger partial charge in [0.05, 0.1) is 17.7 Å². The molecule has 7 heteroatoms. The van der Waals surface area contributed by atoms with E-state index in [-0.39, 0.29) is 29.2 Å². The Morgan fingerprint density at radius 1 is 1.45 bits per heavy atom. The molecule has 0 aromatic heterocycles. The first kappa shape index (κ1) is 15.0. The molecule has 0 spiro atoms. The van der Waals surface area contributed by atoms with Crippen LogP contribution in [0.1, 0.15) is 18.4 Å². The number of halogens is 3. The summed E-state index contributed by atoms with van der Waals surface area (Å²) in [6, 6.07) is 1.95. The van der Waals surface area contributed by atoms with Crippen molar-refractivity contribution in [3.05, 3.63) is 34.4 Å². The van der Waals surface area contributed by atoms with Crippen LogP contribution in [0.4, 0.5) is 8.78 Å². The molecule has 1 aromatic carbocycles. The highest BCUT2D eigenvalue weighted by atomic mass is 35.5. The SMILES string of the molecule is NC(=NCc1cc(F)c(Cl)cc1F)NCC1CCCO1. The zero-order chi connectivity index (χ0) is 14.5. The third-order valence-electron chi connectivity index (χ3n) is 3.04. The van der Waals surface area contributed by atoms with Crippen LogP contribution in [0.3, 0.4) is 0 Å². The molecule has 1 unspecified atom stereocenters. The van der Waals surface area contributed by atoms with E-state index in [1.165, 1.54) is 0 Å². The molecular weight excluding hydrogens is 288 g/mol. The summed E-state index contributed by atoms with van der Waals surface area (Å²) in [6.07, 6.45) is 2.16. The number of nitrogens with zero attached hydrogens (tertiary/aromatic N) is 1. The van der Waals surface area contributed by atoms with Crippen LogP contribution in [-0.4, -0.2) is 25.2 Å². The van der Waals surface area contributed by atoms with E-state index in [4.69, 9.17) is 22.1 Å². The first-order chi connectivity index (χ1) is 9.56. The minimum absolute atomic E-state index is 0.0513. The van der Waals surface area contributed by atoms with Crippen LogP contribution in [0.2, 0.25) is 5.02 Å². The number of aliphatic imine (C=N–C) groups is 1. The van der Waals surface area contributed by atoms with E-state index in [0.29, 0.717) is 6.54 Å². The molecule has 1 aliphatic heterocycles. The number of hydrogen-bond acceptors (Lipinski definition) is 2. The predicted octanol–water partition coefficient (Wildman–Crippen LogP) is 2.20. The van der Waals surface area contributed by atoms with Gasteiger partial charge in [-0.05, 0) is 25.0 Å². The van der Waals surface area contributed by atoms with E-state index in [0.717, 1.165) is 31.6 Å². The molecule has 1 fully saturated rings. The number of nitrogens with one attached hydrogen (secondary N) is 1. The van der Waals surface area contributed by atoms with Crippen molar-refractivity contribution in [3.63, 3.8) is 0 Å². The normalized spacial score (nSPS) is 19.4. The topological polar surface area (TPSA) is 59.6 Å². The Balaban J connectivity index is 1.89. The molecule has 1 heterocycles. The summed E-state index contributed by atoms with van der Waals surface area (Å²) in [5.41, 5.74) is 5.76. The largest absolute Gasteiger partial charge is 0.376 e. The van der Waals surface area contributed by atoms with Gasteiger partial charge in [0.25, 0.3) is 0 Å². The lowest BCUT2D eigenvalue weighted by molar-refractivity contribution is 0.114. The van der Waals surface area contributed by atoms with Gasteiger partial charge in [0, 0.05) is 18.7 Å². The van der Waals surface area contributed by atoms with Crippen LogP contribution in [0, 0.1) is 11.6 Å². The van der Waals surface area contributed by atoms with Crippen molar-refractivity contribution in [2.75, 3.05) is 13.2 Å². The molecular formula is C13H16ClF2N3O. The Kier molecular flexibility index (Phi) is 5.14. The highest BCUT2D eigenvalue weighted by Gasteiger charge is 2.15. The third-order valence-corrected chi connectivity index (χ3v) is 3.33. The first-order valence-electron chi connectivity index (χ1n) is 6.35. The van der Waals surface area contributed by atoms with Gasteiger partial charge in [0.15, 0.2) is 5.96 Å². The maximum atomic E-state index is 13.5. The zero-order valence-corrected chi connectivity index (χ0v) is 11.6. The number of benzene rings is 1. The lowest BCUT2D eigenvalue weighted by Gasteiger charge is -2.11. The maximum Gasteiger partial charge on any atom is 0.189 e. The van der Waals surface area contributed by atoms with E-state index in [1.807, 2.05) is 0 Å². The molecule has 0 amide bonds. The number of rotatable bonds is 4. The molecule has 110 valence electrons. The summed E-state index contributed by atoms with van der Waals surface area (Å²) in [5, 5.41) is 2.65. The molecule has 20 heavy (non-hydrogen) atoms. The fourth-order valence-corrected chi connectivity index (χ4v) is 2.09. The van der Waals surface area contributed by atoms with Gasteiger partial charge in [-0.25, -0.2) is 13.8 Å². The van der Waals surface area contributed by atoms with Gasteiger partial charge < -0.3 is 15.8 Å². The van der Waals surface area contributed by atoms with Gasteiger partial charge in [-0.15, -0.1) is 0 Å². The molecule has 2 rings (SSSR count). The number of nitrogens with two attached hydrogens (primary N) is 1. The summed E-state index contributed by atoms with van der Waals surface area (Å²) >= 11 is 5.47. The summed E-state index contributed by atoms with van der Waals surface area (Å²) in [4.78, 5) is 3.96. The Hall–Kier alpha value is -1.40. The van der Waals surface area contributed by atoms with Gasteiger partial charge >= 0.3 is 0 Å². The van der Waals surface area contributed by atoms with Gasteiger partial charge in [-0.2, -0.15) is 0 Å².